The Bertz CT molecular complexity index is 1210. The summed E-state index contributed by atoms with van der Waals surface area (Å²) in [7, 11) is 0. The minimum atomic E-state index is -0.265. The molecular weight excluding hydrogens is 344 g/mol. The maximum Gasteiger partial charge on any atom is 0.272 e. The van der Waals surface area contributed by atoms with E-state index in [1.807, 2.05) is 30.7 Å². The molecule has 8 heteroatoms. The lowest BCUT2D eigenvalue weighted by atomic mass is 10.1. The molecule has 0 unspecified atom stereocenters. The molecule has 4 aromatic rings. The lowest BCUT2D eigenvalue weighted by Crippen LogP contribution is -2.24. The quantitative estimate of drug-likeness (QED) is 0.579. The standard InChI is InChI=1S/C19H18N6O2/c1-11(2)25-17-12(9-22-25)7-13(8-20-17)18(26)21-10-16-14-5-3-4-6-15(14)19(27)24-23-16/h3-9,11H,10H2,1-2H3,(H,21,26)(H,24,27). The van der Waals surface area contributed by atoms with Gasteiger partial charge in [0.1, 0.15) is 0 Å². The fourth-order valence-electron chi connectivity index (χ4n) is 3.01. The van der Waals surface area contributed by atoms with Crippen molar-refractivity contribution in [1.82, 2.24) is 30.3 Å². The van der Waals surface area contributed by atoms with Crippen molar-refractivity contribution in [3.8, 4) is 0 Å². The summed E-state index contributed by atoms with van der Waals surface area (Å²) < 4.78 is 1.81. The van der Waals surface area contributed by atoms with Crippen molar-refractivity contribution in [2.75, 3.05) is 0 Å². The van der Waals surface area contributed by atoms with Gasteiger partial charge in [0, 0.05) is 23.0 Å². The van der Waals surface area contributed by atoms with E-state index < -0.39 is 0 Å². The second-order valence-corrected chi connectivity index (χ2v) is 6.55. The number of aromatic nitrogens is 5. The van der Waals surface area contributed by atoms with Gasteiger partial charge in [-0.3, -0.25) is 9.59 Å². The molecule has 8 nitrogen and oxygen atoms in total. The molecule has 1 aromatic carbocycles. The summed E-state index contributed by atoms with van der Waals surface area (Å²) in [5.74, 6) is -0.265. The first kappa shape index (κ1) is 16.9. The van der Waals surface area contributed by atoms with Gasteiger partial charge in [-0.25, -0.2) is 14.8 Å². The highest BCUT2D eigenvalue weighted by Crippen LogP contribution is 2.17. The van der Waals surface area contributed by atoms with Crippen LogP contribution in [-0.2, 0) is 6.54 Å². The van der Waals surface area contributed by atoms with Crippen LogP contribution < -0.4 is 10.9 Å². The van der Waals surface area contributed by atoms with Crippen molar-refractivity contribution in [3.63, 3.8) is 0 Å². The Morgan fingerprint density at radius 2 is 2.00 bits per heavy atom. The van der Waals surface area contributed by atoms with Crippen LogP contribution in [0.4, 0.5) is 0 Å². The van der Waals surface area contributed by atoms with Gasteiger partial charge in [0.15, 0.2) is 5.65 Å². The fourth-order valence-corrected chi connectivity index (χ4v) is 3.01. The molecule has 0 saturated heterocycles. The Morgan fingerprint density at radius 3 is 2.78 bits per heavy atom. The number of hydrogen-bond acceptors (Lipinski definition) is 5. The number of benzene rings is 1. The molecule has 0 aliphatic carbocycles. The van der Waals surface area contributed by atoms with E-state index in [0.29, 0.717) is 22.0 Å². The van der Waals surface area contributed by atoms with Crippen molar-refractivity contribution in [1.29, 1.82) is 0 Å². The molecule has 0 spiro atoms. The third-order valence-corrected chi connectivity index (χ3v) is 4.38. The van der Waals surface area contributed by atoms with Crippen LogP contribution in [-0.4, -0.2) is 30.9 Å². The highest BCUT2D eigenvalue weighted by molar-refractivity contribution is 5.97. The number of fused-ring (bicyclic) bond motifs is 2. The van der Waals surface area contributed by atoms with Crippen molar-refractivity contribution < 1.29 is 4.79 Å². The van der Waals surface area contributed by atoms with Gasteiger partial charge in [0.2, 0.25) is 0 Å². The van der Waals surface area contributed by atoms with E-state index >= 15 is 0 Å². The molecule has 3 heterocycles. The second kappa shape index (κ2) is 6.64. The van der Waals surface area contributed by atoms with Crippen LogP contribution in [0.3, 0.4) is 0 Å². The van der Waals surface area contributed by atoms with Gasteiger partial charge in [0.05, 0.1) is 29.4 Å². The van der Waals surface area contributed by atoms with E-state index in [9.17, 15) is 9.59 Å². The number of H-pyrrole nitrogens is 1. The minimum absolute atomic E-state index is 0.189. The maximum atomic E-state index is 12.5. The number of amides is 1. The van der Waals surface area contributed by atoms with Gasteiger partial charge in [-0.2, -0.15) is 10.2 Å². The molecule has 0 saturated carbocycles. The number of nitrogens with one attached hydrogen (secondary N) is 2. The molecule has 4 rings (SSSR count). The van der Waals surface area contributed by atoms with Crippen LogP contribution in [0.15, 0.2) is 47.5 Å². The molecular formula is C19H18N6O2. The topological polar surface area (TPSA) is 106 Å². The lowest BCUT2D eigenvalue weighted by molar-refractivity contribution is 0.0950. The third kappa shape index (κ3) is 3.05. The average molecular weight is 362 g/mol. The summed E-state index contributed by atoms with van der Waals surface area (Å²) in [6.07, 6.45) is 3.24. The van der Waals surface area contributed by atoms with Gasteiger partial charge in [0.25, 0.3) is 11.5 Å². The Kier molecular flexibility index (Phi) is 4.15. The highest BCUT2D eigenvalue weighted by atomic mass is 16.1. The molecule has 0 fully saturated rings. The Balaban J connectivity index is 1.57. The highest BCUT2D eigenvalue weighted by Gasteiger charge is 2.13. The molecule has 0 radical (unpaired) electrons. The van der Waals surface area contributed by atoms with Crippen LogP contribution in [0.5, 0.6) is 0 Å². The van der Waals surface area contributed by atoms with Crippen LogP contribution in [0, 0.1) is 0 Å². The molecule has 136 valence electrons. The summed E-state index contributed by atoms with van der Waals surface area (Å²) in [5.41, 5.74) is 1.53. The smallest absolute Gasteiger partial charge is 0.272 e. The third-order valence-electron chi connectivity index (χ3n) is 4.38. The second-order valence-electron chi connectivity index (χ2n) is 6.55. The van der Waals surface area contributed by atoms with Gasteiger partial charge in [-0.05, 0) is 26.0 Å². The van der Waals surface area contributed by atoms with Gasteiger partial charge >= 0.3 is 0 Å². The van der Waals surface area contributed by atoms with Crippen molar-refractivity contribution >= 4 is 27.7 Å². The number of aromatic amines is 1. The number of carbonyl (C=O) groups excluding carboxylic acids is 1. The first-order valence-corrected chi connectivity index (χ1v) is 8.62. The van der Waals surface area contributed by atoms with Gasteiger partial charge < -0.3 is 5.32 Å². The van der Waals surface area contributed by atoms with E-state index in [0.717, 1.165) is 11.0 Å². The average Bonchev–Trinajstić information content (AvgIpc) is 3.11. The normalized spacial score (nSPS) is 11.4. The van der Waals surface area contributed by atoms with E-state index in [-0.39, 0.29) is 24.1 Å². The Morgan fingerprint density at radius 1 is 1.22 bits per heavy atom. The first-order valence-electron chi connectivity index (χ1n) is 8.62. The molecule has 0 bridgehead atoms. The van der Waals surface area contributed by atoms with E-state index in [1.165, 1.54) is 6.20 Å². The van der Waals surface area contributed by atoms with Crippen molar-refractivity contribution in [2.45, 2.75) is 26.4 Å². The number of carbonyl (C=O) groups is 1. The molecule has 0 aliphatic heterocycles. The molecule has 0 aliphatic rings. The molecule has 0 atom stereocenters. The summed E-state index contributed by atoms with van der Waals surface area (Å²) in [5, 5.41) is 15.7. The number of hydrogen-bond donors (Lipinski definition) is 2. The Hall–Kier alpha value is -3.55. The minimum Gasteiger partial charge on any atom is -0.346 e. The maximum absolute atomic E-state index is 12.5. The summed E-state index contributed by atoms with van der Waals surface area (Å²) >= 11 is 0. The predicted octanol–water partition coefficient (Wildman–Crippen LogP) is 2.18. The lowest BCUT2D eigenvalue weighted by Gasteiger charge is -2.08. The van der Waals surface area contributed by atoms with Crippen LogP contribution in [0.25, 0.3) is 21.8 Å². The summed E-state index contributed by atoms with van der Waals surface area (Å²) in [6.45, 7) is 4.24. The Labute approximate surface area is 154 Å². The van der Waals surface area contributed by atoms with E-state index in [1.54, 1.807) is 24.4 Å². The molecule has 3 aromatic heterocycles. The zero-order valence-electron chi connectivity index (χ0n) is 14.9. The van der Waals surface area contributed by atoms with Crippen LogP contribution >= 0.6 is 0 Å². The number of rotatable bonds is 4. The van der Waals surface area contributed by atoms with Crippen molar-refractivity contribution in [2.24, 2.45) is 0 Å². The van der Waals surface area contributed by atoms with Crippen LogP contribution in [0.1, 0.15) is 35.9 Å². The SMILES string of the molecule is CC(C)n1ncc2cc(C(=O)NCc3n[nH]c(=O)c4ccccc34)cnc21. The molecule has 1 amide bonds. The number of nitrogens with zero attached hydrogens (tertiary/aromatic N) is 4. The molecule has 2 N–H and O–H groups in total. The molecule has 27 heavy (non-hydrogen) atoms. The first-order chi connectivity index (χ1) is 13.0. The largest absolute Gasteiger partial charge is 0.346 e. The summed E-state index contributed by atoms with van der Waals surface area (Å²) in [6, 6.07) is 9.12. The summed E-state index contributed by atoms with van der Waals surface area (Å²) in [4.78, 5) is 28.7. The van der Waals surface area contributed by atoms with Crippen molar-refractivity contribution in [3.05, 3.63) is 64.3 Å². The zero-order valence-corrected chi connectivity index (χ0v) is 14.9. The predicted molar refractivity (Wildman–Crippen MR) is 101 cm³/mol. The fraction of sp³-hybridized carbons (Fsp3) is 0.211. The van der Waals surface area contributed by atoms with E-state index in [4.69, 9.17) is 0 Å². The van der Waals surface area contributed by atoms with E-state index in [2.05, 4.69) is 25.6 Å². The van der Waals surface area contributed by atoms with Gasteiger partial charge in [-0.1, -0.05) is 18.2 Å². The van der Waals surface area contributed by atoms with Gasteiger partial charge in [-0.15, -0.1) is 0 Å². The number of pyridine rings is 1. The zero-order chi connectivity index (χ0) is 19.0. The van der Waals surface area contributed by atoms with Crippen LogP contribution in [0.2, 0.25) is 0 Å². The monoisotopic (exact) mass is 362 g/mol.